The first-order valence-corrected chi connectivity index (χ1v) is 9.31. The summed E-state index contributed by atoms with van der Waals surface area (Å²) in [6.07, 6.45) is 5.24. The van der Waals surface area contributed by atoms with Crippen molar-refractivity contribution in [2.24, 2.45) is 5.73 Å². The van der Waals surface area contributed by atoms with Crippen molar-refractivity contribution in [1.29, 1.82) is 0 Å². The molecule has 2 N–H and O–H groups in total. The van der Waals surface area contributed by atoms with Gasteiger partial charge in [-0.15, -0.1) is 11.3 Å². The lowest BCUT2D eigenvalue weighted by Crippen LogP contribution is -2.58. The van der Waals surface area contributed by atoms with Crippen molar-refractivity contribution in [3.8, 4) is 0 Å². The third-order valence-electron chi connectivity index (χ3n) is 6.00. The topological polar surface area (TPSA) is 32.5 Å². The van der Waals surface area contributed by atoms with E-state index in [0.29, 0.717) is 12.1 Å². The van der Waals surface area contributed by atoms with Crippen LogP contribution in [0.4, 0.5) is 0 Å². The summed E-state index contributed by atoms with van der Waals surface area (Å²) in [5.74, 6) is 0. The molecule has 4 heteroatoms. The number of nitrogens with two attached hydrogens (primary N) is 1. The Kier molecular flexibility index (Phi) is 3.41. The molecule has 0 radical (unpaired) electrons. The molecular weight excluding hydrogens is 278 g/mol. The highest BCUT2D eigenvalue weighted by molar-refractivity contribution is 7.10. The molecule has 3 unspecified atom stereocenters. The maximum Gasteiger partial charge on any atom is 0.0479 e. The summed E-state index contributed by atoms with van der Waals surface area (Å²) in [6, 6.07) is 4.40. The maximum atomic E-state index is 6.34. The molecule has 0 spiro atoms. The number of thiophene rings is 1. The number of nitrogens with zero attached hydrogens (tertiary/aromatic N) is 2. The lowest BCUT2D eigenvalue weighted by Gasteiger charge is -2.46. The van der Waals surface area contributed by atoms with Crippen molar-refractivity contribution in [3.63, 3.8) is 0 Å². The van der Waals surface area contributed by atoms with Gasteiger partial charge in [0.25, 0.3) is 0 Å². The molecule has 3 atom stereocenters. The molecule has 21 heavy (non-hydrogen) atoms. The van der Waals surface area contributed by atoms with Gasteiger partial charge in [-0.1, -0.05) is 0 Å². The van der Waals surface area contributed by atoms with Crippen molar-refractivity contribution in [2.45, 2.75) is 63.2 Å². The summed E-state index contributed by atoms with van der Waals surface area (Å²) in [6.45, 7) is 7.94. The Hall–Kier alpha value is -0.420. The smallest absolute Gasteiger partial charge is 0.0479 e. The van der Waals surface area contributed by atoms with Crippen LogP contribution in [0.2, 0.25) is 0 Å². The summed E-state index contributed by atoms with van der Waals surface area (Å²) < 4.78 is 0. The van der Waals surface area contributed by atoms with E-state index in [4.69, 9.17) is 5.73 Å². The van der Waals surface area contributed by atoms with Gasteiger partial charge in [-0.2, -0.15) is 0 Å². The number of fused-ring (bicyclic) bond motifs is 1. The lowest BCUT2D eigenvalue weighted by molar-refractivity contribution is 0.0525. The molecule has 116 valence electrons. The fourth-order valence-electron chi connectivity index (χ4n) is 4.75. The SMILES string of the molecule is CC1CC(CN)(N2CCc3sccc3C2C)CN1C1CC1. The molecule has 1 aliphatic carbocycles. The van der Waals surface area contributed by atoms with Gasteiger partial charge in [0.15, 0.2) is 0 Å². The Bertz CT molecular complexity index is 524. The molecule has 0 aromatic carbocycles. The second-order valence-electron chi connectivity index (χ2n) is 7.30. The van der Waals surface area contributed by atoms with Gasteiger partial charge in [0, 0.05) is 48.2 Å². The molecule has 1 saturated heterocycles. The molecule has 0 amide bonds. The van der Waals surface area contributed by atoms with Crippen LogP contribution < -0.4 is 5.73 Å². The quantitative estimate of drug-likeness (QED) is 0.932. The van der Waals surface area contributed by atoms with Gasteiger partial charge in [0.05, 0.1) is 0 Å². The van der Waals surface area contributed by atoms with Crippen molar-refractivity contribution in [2.75, 3.05) is 19.6 Å². The van der Waals surface area contributed by atoms with Crippen LogP contribution in [-0.4, -0.2) is 47.1 Å². The Morgan fingerprint density at radius 2 is 2.19 bits per heavy atom. The fourth-order valence-corrected chi connectivity index (χ4v) is 5.72. The molecule has 1 aromatic rings. The van der Waals surface area contributed by atoms with Crippen LogP contribution in [0.5, 0.6) is 0 Å². The third kappa shape index (κ3) is 2.19. The summed E-state index contributed by atoms with van der Waals surface area (Å²) in [7, 11) is 0. The van der Waals surface area contributed by atoms with E-state index in [0.717, 1.165) is 12.6 Å². The number of likely N-dealkylation sites (tertiary alicyclic amines) is 1. The monoisotopic (exact) mass is 305 g/mol. The number of rotatable bonds is 3. The Morgan fingerprint density at radius 1 is 1.38 bits per heavy atom. The molecule has 3 nitrogen and oxygen atoms in total. The minimum atomic E-state index is 0.195. The van der Waals surface area contributed by atoms with E-state index in [1.165, 1.54) is 38.8 Å². The summed E-state index contributed by atoms with van der Waals surface area (Å²) in [5.41, 5.74) is 8.08. The summed E-state index contributed by atoms with van der Waals surface area (Å²) in [5, 5.41) is 2.26. The highest BCUT2D eigenvalue weighted by atomic mass is 32.1. The van der Waals surface area contributed by atoms with Crippen LogP contribution in [0.15, 0.2) is 11.4 Å². The first kappa shape index (κ1) is 14.2. The minimum absolute atomic E-state index is 0.195. The van der Waals surface area contributed by atoms with Crippen LogP contribution >= 0.6 is 11.3 Å². The molecule has 3 aliphatic rings. The van der Waals surface area contributed by atoms with E-state index in [1.807, 2.05) is 11.3 Å². The van der Waals surface area contributed by atoms with Crippen LogP contribution in [0.1, 0.15) is 49.6 Å². The average molecular weight is 305 g/mol. The molecular formula is C17H27N3S. The minimum Gasteiger partial charge on any atom is -0.329 e. The third-order valence-corrected chi connectivity index (χ3v) is 7.00. The van der Waals surface area contributed by atoms with E-state index < -0.39 is 0 Å². The maximum absolute atomic E-state index is 6.34. The van der Waals surface area contributed by atoms with E-state index in [1.54, 1.807) is 10.4 Å². The second kappa shape index (κ2) is 5.05. The first-order chi connectivity index (χ1) is 10.1. The van der Waals surface area contributed by atoms with Gasteiger partial charge in [0.2, 0.25) is 0 Å². The van der Waals surface area contributed by atoms with Gasteiger partial charge >= 0.3 is 0 Å². The van der Waals surface area contributed by atoms with E-state index in [9.17, 15) is 0 Å². The van der Waals surface area contributed by atoms with Crippen molar-refractivity contribution >= 4 is 11.3 Å². The Labute approximate surface area is 132 Å². The molecule has 2 fully saturated rings. The predicted octanol–water partition coefficient (Wildman–Crippen LogP) is 2.62. The molecule has 1 aromatic heterocycles. The second-order valence-corrected chi connectivity index (χ2v) is 8.30. The standard InChI is InChI=1S/C17H27N3S/c1-12-9-17(10-18,11-19(12)14-3-4-14)20-7-5-16-15(13(20)2)6-8-21-16/h6,8,12-14H,3-5,7,9-11,18H2,1-2H3. The normalized spacial score (nSPS) is 37.9. The van der Waals surface area contributed by atoms with Crippen LogP contribution in [0.25, 0.3) is 0 Å². The average Bonchev–Trinajstić information content (AvgIpc) is 3.09. The van der Waals surface area contributed by atoms with E-state index >= 15 is 0 Å². The fraction of sp³-hybridized carbons (Fsp3) is 0.765. The van der Waals surface area contributed by atoms with Crippen LogP contribution in [0, 0.1) is 0 Å². The van der Waals surface area contributed by atoms with Crippen LogP contribution in [0.3, 0.4) is 0 Å². The Balaban J connectivity index is 1.62. The van der Waals surface area contributed by atoms with Crippen molar-refractivity contribution < 1.29 is 0 Å². The lowest BCUT2D eigenvalue weighted by atomic mass is 9.88. The highest BCUT2D eigenvalue weighted by Crippen LogP contribution is 2.44. The van der Waals surface area contributed by atoms with Gasteiger partial charge < -0.3 is 5.73 Å². The molecule has 0 bridgehead atoms. The zero-order valence-electron chi connectivity index (χ0n) is 13.2. The molecule has 4 rings (SSSR count). The summed E-state index contributed by atoms with van der Waals surface area (Å²) >= 11 is 1.93. The number of hydrogen-bond acceptors (Lipinski definition) is 4. The zero-order chi connectivity index (χ0) is 14.6. The highest BCUT2D eigenvalue weighted by Gasteiger charge is 2.51. The first-order valence-electron chi connectivity index (χ1n) is 8.43. The van der Waals surface area contributed by atoms with E-state index in [-0.39, 0.29) is 5.54 Å². The summed E-state index contributed by atoms with van der Waals surface area (Å²) in [4.78, 5) is 7.07. The molecule has 1 saturated carbocycles. The number of hydrogen-bond donors (Lipinski definition) is 1. The predicted molar refractivity (Wildman–Crippen MR) is 88.7 cm³/mol. The molecule has 3 heterocycles. The van der Waals surface area contributed by atoms with Gasteiger partial charge in [-0.25, -0.2) is 0 Å². The molecule has 2 aliphatic heterocycles. The van der Waals surface area contributed by atoms with Gasteiger partial charge in [0.1, 0.15) is 0 Å². The van der Waals surface area contributed by atoms with Gasteiger partial charge in [-0.05, 0) is 56.5 Å². The van der Waals surface area contributed by atoms with Crippen molar-refractivity contribution in [1.82, 2.24) is 9.80 Å². The van der Waals surface area contributed by atoms with E-state index in [2.05, 4.69) is 35.1 Å². The van der Waals surface area contributed by atoms with Gasteiger partial charge in [-0.3, -0.25) is 9.80 Å². The zero-order valence-corrected chi connectivity index (χ0v) is 14.0. The van der Waals surface area contributed by atoms with Crippen molar-refractivity contribution in [3.05, 3.63) is 21.9 Å². The largest absolute Gasteiger partial charge is 0.329 e. The van der Waals surface area contributed by atoms with Crippen LogP contribution in [-0.2, 0) is 6.42 Å². The Morgan fingerprint density at radius 3 is 2.90 bits per heavy atom.